The minimum absolute atomic E-state index is 0.498. The fourth-order valence-corrected chi connectivity index (χ4v) is 2.30. The Kier molecular flexibility index (Phi) is 5.63. The lowest BCUT2D eigenvalue weighted by atomic mass is 10.1. The second-order valence-corrected chi connectivity index (χ2v) is 4.98. The summed E-state index contributed by atoms with van der Waals surface area (Å²) in [6.07, 6.45) is 3.49. The Morgan fingerprint density at radius 2 is 2.00 bits per heavy atom. The van der Waals surface area contributed by atoms with Crippen molar-refractivity contribution in [3.8, 4) is 11.5 Å². The molecule has 0 amide bonds. The first kappa shape index (κ1) is 15.4. The molecule has 114 valence electrons. The Balaban J connectivity index is 1.67. The van der Waals surface area contributed by atoms with Gasteiger partial charge in [0, 0.05) is 25.2 Å². The molecule has 0 bridgehead atoms. The molecule has 0 radical (unpaired) electrons. The van der Waals surface area contributed by atoms with Crippen LogP contribution in [0.15, 0.2) is 35.9 Å². The van der Waals surface area contributed by atoms with Gasteiger partial charge in [0.2, 0.25) is 0 Å². The van der Waals surface area contributed by atoms with Crippen LogP contribution in [0, 0.1) is 0 Å². The maximum absolute atomic E-state index is 10.9. The van der Waals surface area contributed by atoms with E-state index in [1.54, 1.807) is 7.11 Å². The summed E-state index contributed by atoms with van der Waals surface area (Å²) in [6.45, 7) is 2.91. The first-order valence-electron chi connectivity index (χ1n) is 7.10. The van der Waals surface area contributed by atoms with Crippen molar-refractivity contribution >= 4 is 5.97 Å². The van der Waals surface area contributed by atoms with Crippen LogP contribution in [0.4, 0.5) is 0 Å². The van der Waals surface area contributed by atoms with Crippen LogP contribution in [-0.2, 0) is 4.79 Å². The van der Waals surface area contributed by atoms with Crippen LogP contribution in [-0.4, -0.2) is 49.3 Å². The standard InChI is InChI=1S/C16H21NO4/c1-20-14-5-7-15(8-6-14)21-11-3-10-17-9-2-4-13(12-17)16(18)19/h4-8H,2-3,9-12H2,1H3,(H,18,19). The number of hydrogen-bond donors (Lipinski definition) is 1. The minimum atomic E-state index is -0.811. The Morgan fingerprint density at radius 3 is 2.67 bits per heavy atom. The SMILES string of the molecule is COc1ccc(OCCCN2CCC=C(C(=O)O)C2)cc1. The zero-order valence-corrected chi connectivity index (χ0v) is 12.2. The summed E-state index contributed by atoms with van der Waals surface area (Å²) in [5, 5.41) is 8.99. The smallest absolute Gasteiger partial charge is 0.332 e. The number of benzene rings is 1. The van der Waals surface area contributed by atoms with E-state index in [9.17, 15) is 4.79 Å². The van der Waals surface area contributed by atoms with Crippen LogP contribution in [0.25, 0.3) is 0 Å². The maximum Gasteiger partial charge on any atom is 0.332 e. The summed E-state index contributed by atoms with van der Waals surface area (Å²) in [4.78, 5) is 13.1. The van der Waals surface area contributed by atoms with Crippen LogP contribution in [0.1, 0.15) is 12.8 Å². The van der Waals surface area contributed by atoms with Crippen molar-refractivity contribution in [3.05, 3.63) is 35.9 Å². The molecule has 0 saturated heterocycles. The lowest BCUT2D eigenvalue weighted by Gasteiger charge is -2.25. The van der Waals surface area contributed by atoms with Crippen molar-refractivity contribution < 1.29 is 19.4 Å². The molecule has 0 saturated carbocycles. The third kappa shape index (κ3) is 4.79. The summed E-state index contributed by atoms with van der Waals surface area (Å²) in [6, 6.07) is 7.49. The lowest BCUT2D eigenvalue weighted by molar-refractivity contribution is -0.133. The molecule has 5 heteroatoms. The molecule has 0 atom stereocenters. The average molecular weight is 291 g/mol. The molecule has 1 aliphatic heterocycles. The molecule has 1 heterocycles. The van der Waals surface area contributed by atoms with Crippen LogP contribution in [0.5, 0.6) is 11.5 Å². The van der Waals surface area contributed by atoms with Crippen molar-refractivity contribution in [1.29, 1.82) is 0 Å². The first-order valence-corrected chi connectivity index (χ1v) is 7.10. The highest BCUT2D eigenvalue weighted by Gasteiger charge is 2.16. The minimum Gasteiger partial charge on any atom is -0.497 e. The third-order valence-electron chi connectivity index (χ3n) is 3.45. The Labute approximate surface area is 124 Å². The molecule has 21 heavy (non-hydrogen) atoms. The molecule has 2 rings (SSSR count). The molecule has 0 unspecified atom stereocenters. The van der Waals surface area contributed by atoms with Crippen molar-refractivity contribution in [2.24, 2.45) is 0 Å². The summed E-state index contributed by atoms with van der Waals surface area (Å²) in [5.74, 6) is 0.818. The summed E-state index contributed by atoms with van der Waals surface area (Å²) < 4.78 is 10.7. The second-order valence-electron chi connectivity index (χ2n) is 4.98. The fraction of sp³-hybridized carbons (Fsp3) is 0.438. The normalized spacial score (nSPS) is 15.4. The molecular weight excluding hydrogens is 270 g/mol. The van der Waals surface area contributed by atoms with Crippen LogP contribution >= 0.6 is 0 Å². The van der Waals surface area contributed by atoms with Gasteiger partial charge in [-0.05, 0) is 37.1 Å². The number of carboxylic acid groups (broad SMARTS) is 1. The first-order chi connectivity index (χ1) is 10.2. The quantitative estimate of drug-likeness (QED) is 0.780. The number of aliphatic carboxylic acids is 1. The monoisotopic (exact) mass is 291 g/mol. The fourth-order valence-electron chi connectivity index (χ4n) is 2.30. The number of ether oxygens (including phenoxy) is 2. The van der Waals surface area contributed by atoms with Crippen molar-refractivity contribution in [2.75, 3.05) is 33.4 Å². The largest absolute Gasteiger partial charge is 0.497 e. The molecule has 0 spiro atoms. The Hall–Kier alpha value is -2.01. The number of methoxy groups -OCH3 is 1. The topological polar surface area (TPSA) is 59.0 Å². The van der Waals surface area contributed by atoms with E-state index in [0.717, 1.165) is 37.4 Å². The summed E-state index contributed by atoms with van der Waals surface area (Å²) in [5.41, 5.74) is 0.498. The van der Waals surface area contributed by atoms with Gasteiger partial charge in [-0.1, -0.05) is 6.08 Å². The highest BCUT2D eigenvalue weighted by atomic mass is 16.5. The van der Waals surface area contributed by atoms with E-state index in [1.807, 2.05) is 30.3 Å². The molecule has 0 aromatic heterocycles. The summed E-state index contributed by atoms with van der Waals surface area (Å²) >= 11 is 0. The van der Waals surface area contributed by atoms with E-state index in [-0.39, 0.29) is 0 Å². The molecule has 1 aromatic rings. The van der Waals surface area contributed by atoms with Gasteiger partial charge >= 0.3 is 5.97 Å². The zero-order valence-electron chi connectivity index (χ0n) is 12.2. The van der Waals surface area contributed by atoms with E-state index in [1.165, 1.54) is 0 Å². The molecule has 1 aromatic carbocycles. The highest BCUT2D eigenvalue weighted by Crippen LogP contribution is 2.17. The van der Waals surface area contributed by atoms with Gasteiger partial charge in [-0.25, -0.2) is 4.79 Å². The highest BCUT2D eigenvalue weighted by molar-refractivity contribution is 5.87. The van der Waals surface area contributed by atoms with Gasteiger partial charge in [-0.2, -0.15) is 0 Å². The van der Waals surface area contributed by atoms with Crippen molar-refractivity contribution in [2.45, 2.75) is 12.8 Å². The molecule has 1 aliphatic rings. The molecular formula is C16H21NO4. The van der Waals surface area contributed by atoms with Gasteiger partial charge in [0.15, 0.2) is 0 Å². The van der Waals surface area contributed by atoms with Crippen LogP contribution < -0.4 is 9.47 Å². The number of rotatable bonds is 7. The second kappa shape index (κ2) is 7.69. The predicted octanol–water partition coefficient (Wildman–Crippen LogP) is 2.18. The van der Waals surface area contributed by atoms with Crippen LogP contribution in [0.2, 0.25) is 0 Å². The third-order valence-corrected chi connectivity index (χ3v) is 3.45. The van der Waals surface area contributed by atoms with Crippen molar-refractivity contribution in [3.63, 3.8) is 0 Å². The molecule has 5 nitrogen and oxygen atoms in total. The van der Waals surface area contributed by atoms with E-state index in [4.69, 9.17) is 14.6 Å². The Bertz CT molecular complexity index is 496. The predicted molar refractivity (Wildman–Crippen MR) is 79.9 cm³/mol. The van der Waals surface area contributed by atoms with E-state index >= 15 is 0 Å². The number of carboxylic acids is 1. The summed E-state index contributed by atoms with van der Waals surface area (Å²) in [7, 11) is 1.63. The number of hydrogen-bond acceptors (Lipinski definition) is 4. The van der Waals surface area contributed by atoms with Gasteiger partial charge in [-0.3, -0.25) is 4.90 Å². The zero-order chi connectivity index (χ0) is 15.1. The van der Waals surface area contributed by atoms with Gasteiger partial charge in [0.1, 0.15) is 11.5 Å². The van der Waals surface area contributed by atoms with E-state index in [2.05, 4.69) is 4.90 Å². The van der Waals surface area contributed by atoms with E-state index in [0.29, 0.717) is 18.7 Å². The maximum atomic E-state index is 10.9. The van der Waals surface area contributed by atoms with E-state index < -0.39 is 5.97 Å². The molecule has 0 aliphatic carbocycles. The van der Waals surface area contributed by atoms with Gasteiger partial charge in [0.25, 0.3) is 0 Å². The van der Waals surface area contributed by atoms with Gasteiger partial charge in [-0.15, -0.1) is 0 Å². The van der Waals surface area contributed by atoms with Gasteiger partial charge in [0.05, 0.1) is 13.7 Å². The lowest BCUT2D eigenvalue weighted by Crippen LogP contribution is -2.33. The number of carbonyl (C=O) groups is 1. The Morgan fingerprint density at radius 1 is 1.29 bits per heavy atom. The average Bonchev–Trinajstić information content (AvgIpc) is 2.52. The van der Waals surface area contributed by atoms with Crippen molar-refractivity contribution in [1.82, 2.24) is 4.90 Å². The van der Waals surface area contributed by atoms with Gasteiger partial charge < -0.3 is 14.6 Å². The molecule has 1 N–H and O–H groups in total. The molecule has 0 fully saturated rings. The van der Waals surface area contributed by atoms with Crippen LogP contribution in [0.3, 0.4) is 0 Å². The number of nitrogens with zero attached hydrogens (tertiary/aromatic N) is 1.